The summed E-state index contributed by atoms with van der Waals surface area (Å²) in [4.78, 5) is 23.0. The van der Waals surface area contributed by atoms with Crippen LogP contribution in [0.3, 0.4) is 0 Å². The van der Waals surface area contributed by atoms with Gasteiger partial charge in [-0.15, -0.1) is 5.10 Å². The Balaban J connectivity index is 1.93. The smallest absolute Gasteiger partial charge is 0.312 e. The third-order valence-corrected chi connectivity index (χ3v) is 6.49. The molecule has 1 heterocycles. The summed E-state index contributed by atoms with van der Waals surface area (Å²) in [5.74, 6) is -0.194. The van der Waals surface area contributed by atoms with Crippen LogP contribution in [-0.4, -0.2) is 45.7 Å². The van der Waals surface area contributed by atoms with Crippen molar-refractivity contribution < 1.29 is 18.1 Å². The topological polar surface area (TPSA) is 138 Å². The number of benzene rings is 2. The lowest BCUT2D eigenvalue weighted by Gasteiger charge is -2.18. The van der Waals surface area contributed by atoms with Crippen LogP contribution in [0, 0.1) is 10.1 Å². The fraction of sp³-hybridized carbons (Fsp3) is 0.278. The van der Waals surface area contributed by atoms with E-state index in [-0.39, 0.29) is 23.7 Å². The molecule has 0 unspecified atom stereocenters. The first-order chi connectivity index (χ1) is 14.3. The van der Waals surface area contributed by atoms with Crippen LogP contribution in [0.15, 0.2) is 52.2 Å². The van der Waals surface area contributed by atoms with Crippen molar-refractivity contribution in [3.05, 3.63) is 62.9 Å². The van der Waals surface area contributed by atoms with Gasteiger partial charge in [-0.1, -0.05) is 31.2 Å². The van der Waals surface area contributed by atoms with E-state index in [9.17, 15) is 23.3 Å². The van der Waals surface area contributed by atoms with Crippen LogP contribution in [-0.2, 0) is 16.8 Å². The van der Waals surface area contributed by atoms with Crippen molar-refractivity contribution in [2.24, 2.45) is 0 Å². The zero-order valence-corrected chi connectivity index (χ0v) is 17.1. The first kappa shape index (κ1) is 21.3. The number of nitrogens with zero attached hydrogens (tertiary/aromatic N) is 5. The summed E-state index contributed by atoms with van der Waals surface area (Å²) < 4.78 is 32.8. The number of fused-ring (bicyclic) bond motifs is 1. The molecule has 0 radical (unpaired) electrons. The lowest BCUT2D eigenvalue weighted by molar-refractivity contribution is -0.386. The number of hydrogen-bond acceptors (Lipinski definition) is 8. The molecule has 0 saturated heterocycles. The summed E-state index contributed by atoms with van der Waals surface area (Å²) in [6.45, 7) is 3.38. The maximum Gasteiger partial charge on any atom is 0.312 e. The number of sulfonamides is 1. The van der Waals surface area contributed by atoms with Crippen LogP contribution in [0.2, 0.25) is 0 Å². The Morgan fingerprint density at radius 2 is 1.87 bits per heavy atom. The molecule has 3 aromatic rings. The van der Waals surface area contributed by atoms with Crippen molar-refractivity contribution >= 4 is 26.6 Å². The van der Waals surface area contributed by atoms with Crippen LogP contribution in [0.5, 0.6) is 5.75 Å². The second-order valence-electron chi connectivity index (χ2n) is 6.16. The van der Waals surface area contributed by atoms with Crippen molar-refractivity contribution in [2.45, 2.75) is 25.5 Å². The summed E-state index contributed by atoms with van der Waals surface area (Å²) in [5.41, 5.74) is -0.593. The highest BCUT2D eigenvalue weighted by atomic mass is 32.2. The highest BCUT2D eigenvalue weighted by Gasteiger charge is 2.26. The molecule has 0 N–H and O–H groups in total. The maximum absolute atomic E-state index is 12.6. The SMILES string of the molecule is CCN(CC)S(=O)(=O)c1ccc(OCn2nnc3ccccc3c2=O)c([N+](=O)[O-])c1. The summed E-state index contributed by atoms with van der Waals surface area (Å²) in [6, 6.07) is 9.97. The monoisotopic (exact) mass is 433 g/mol. The number of aromatic nitrogens is 3. The number of hydrogen-bond donors (Lipinski definition) is 0. The fourth-order valence-electron chi connectivity index (χ4n) is 2.87. The molecule has 0 bridgehead atoms. The summed E-state index contributed by atoms with van der Waals surface area (Å²) in [6.07, 6.45) is 0. The third kappa shape index (κ3) is 4.00. The molecule has 12 heteroatoms. The predicted octanol–water partition coefficient (Wildman–Crippen LogP) is 1.77. The maximum atomic E-state index is 12.6. The molecular formula is C18H19N5O6S. The Kier molecular flexibility index (Phi) is 6.08. The molecule has 2 aromatic carbocycles. The van der Waals surface area contributed by atoms with Gasteiger partial charge in [0, 0.05) is 19.2 Å². The standard InChI is InChI=1S/C18H19N5O6S/c1-3-21(4-2)30(27,28)13-9-10-17(16(11-13)23(25)26)29-12-22-18(24)14-7-5-6-8-15(14)19-20-22/h5-11H,3-4,12H2,1-2H3. The summed E-state index contributed by atoms with van der Waals surface area (Å²) in [5, 5.41) is 19.5. The number of nitro groups is 1. The minimum absolute atomic E-state index is 0.194. The average Bonchev–Trinajstić information content (AvgIpc) is 2.74. The van der Waals surface area contributed by atoms with Crippen LogP contribution in [0.4, 0.5) is 5.69 Å². The number of nitro benzene ring substituents is 1. The van der Waals surface area contributed by atoms with E-state index in [0.29, 0.717) is 10.9 Å². The molecule has 1 aromatic heterocycles. The Hall–Kier alpha value is -3.38. The molecule has 0 fully saturated rings. The number of rotatable bonds is 8. The number of ether oxygens (including phenoxy) is 1. The summed E-state index contributed by atoms with van der Waals surface area (Å²) >= 11 is 0. The van der Waals surface area contributed by atoms with Crippen molar-refractivity contribution in [2.75, 3.05) is 13.1 Å². The molecule has 30 heavy (non-hydrogen) atoms. The summed E-state index contributed by atoms with van der Waals surface area (Å²) in [7, 11) is -3.88. The highest BCUT2D eigenvalue weighted by molar-refractivity contribution is 7.89. The van der Waals surface area contributed by atoms with Gasteiger partial charge in [0.05, 0.1) is 15.2 Å². The minimum Gasteiger partial charge on any atom is -0.464 e. The van der Waals surface area contributed by atoms with Crippen LogP contribution < -0.4 is 10.3 Å². The predicted molar refractivity (Wildman–Crippen MR) is 108 cm³/mol. The minimum atomic E-state index is -3.88. The van der Waals surface area contributed by atoms with Crippen LogP contribution in [0.25, 0.3) is 10.9 Å². The van der Waals surface area contributed by atoms with Crippen molar-refractivity contribution in [3.63, 3.8) is 0 Å². The third-order valence-electron chi connectivity index (χ3n) is 4.44. The molecule has 11 nitrogen and oxygen atoms in total. The van der Waals surface area contributed by atoms with E-state index >= 15 is 0 Å². The van der Waals surface area contributed by atoms with E-state index in [1.54, 1.807) is 38.1 Å². The lowest BCUT2D eigenvalue weighted by Crippen LogP contribution is -2.30. The Morgan fingerprint density at radius 3 is 2.53 bits per heavy atom. The van der Waals surface area contributed by atoms with Crippen LogP contribution >= 0.6 is 0 Å². The van der Waals surface area contributed by atoms with Gasteiger partial charge < -0.3 is 4.74 Å². The quantitative estimate of drug-likeness (QED) is 0.387. The van der Waals surface area contributed by atoms with Gasteiger partial charge in [-0.25, -0.2) is 8.42 Å². The first-order valence-corrected chi connectivity index (χ1v) is 10.5. The molecule has 0 aliphatic rings. The largest absolute Gasteiger partial charge is 0.464 e. The van der Waals surface area contributed by atoms with Crippen LogP contribution in [0.1, 0.15) is 13.8 Å². The highest BCUT2D eigenvalue weighted by Crippen LogP contribution is 2.31. The Labute approximate surface area is 171 Å². The Morgan fingerprint density at radius 1 is 1.17 bits per heavy atom. The van der Waals surface area contributed by atoms with Crippen molar-refractivity contribution in [1.82, 2.24) is 19.3 Å². The van der Waals surface area contributed by atoms with Gasteiger partial charge in [-0.3, -0.25) is 14.9 Å². The average molecular weight is 433 g/mol. The van der Waals surface area contributed by atoms with Gasteiger partial charge in [-0.2, -0.15) is 8.99 Å². The molecule has 0 atom stereocenters. The van der Waals surface area contributed by atoms with Gasteiger partial charge in [0.25, 0.3) is 5.56 Å². The van der Waals surface area contributed by atoms with Crippen molar-refractivity contribution in [1.29, 1.82) is 0 Å². The molecule has 0 aliphatic carbocycles. The van der Waals surface area contributed by atoms with E-state index in [1.807, 2.05) is 0 Å². The molecule has 0 saturated carbocycles. The zero-order chi connectivity index (χ0) is 21.9. The first-order valence-electron chi connectivity index (χ1n) is 9.03. The second-order valence-corrected chi connectivity index (χ2v) is 8.10. The second kappa shape index (κ2) is 8.55. The molecule has 158 valence electrons. The lowest BCUT2D eigenvalue weighted by atomic mass is 10.2. The zero-order valence-electron chi connectivity index (χ0n) is 16.3. The Bertz CT molecular complexity index is 1250. The molecule has 3 rings (SSSR count). The molecule has 0 aliphatic heterocycles. The van der Waals surface area contributed by atoms with E-state index in [1.165, 1.54) is 16.4 Å². The van der Waals surface area contributed by atoms with Gasteiger partial charge in [0.1, 0.15) is 5.52 Å². The molecule has 0 spiro atoms. The van der Waals surface area contributed by atoms with Gasteiger partial charge in [0.15, 0.2) is 12.5 Å². The fourth-order valence-corrected chi connectivity index (χ4v) is 4.35. The van der Waals surface area contributed by atoms with E-state index < -0.39 is 32.9 Å². The van der Waals surface area contributed by atoms with E-state index in [0.717, 1.165) is 10.7 Å². The van der Waals surface area contributed by atoms with Crippen molar-refractivity contribution in [3.8, 4) is 5.75 Å². The van der Waals surface area contributed by atoms with Gasteiger partial charge in [0.2, 0.25) is 10.0 Å². The molecular weight excluding hydrogens is 414 g/mol. The van der Waals surface area contributed by atoms with Gasteiger partial charge in [-0.05, 0) is 24.3 Å². The van der Waals surface area contributed by atoms with Gasteiger partial charge >= 0.3 is 5.69 Å². The van der Waals surface area contributed by atoms with E-state index in [2.05, 4.69) is 10.3 Å². The molecule has 0 amide bonds. The van der Waals surface area contributed by atoms with E-state index in [4.69, 9.17) is 4.74 Å². The normalized spacial score (nSPS) is 11.7.